The number of fused-ring (bicyclic) bond motifs is 1. The molecule has 0 spiro atoms. The van der Waals surface area contributed by atoms with Gasteiger partial charge in [-0.2, -0.15) is 0 Å². The summed E-state index contributed by atoms with van der Waals surface area (Å²) in [6.07, 6.45) is 2.37. The Morgan fingerprint density at radius 1 is 1.00 bits per heavy atom. The second-order valence-corrected chi connectivity index (χ2v) is 6.96. The molecule has 0 fully saturated rings. The molecule has 0 aromatic heterocycles. The van der Waals surface area contributed by atoms with E-state index in [1.54, 1.807) is 21.3 Å². The van der Waals surface area contributed by atoms with Crippen LogP contribution in [-0.2, 0) is 19.5 Å². The molecule has 28 heavy (non-hydrogen) atoms. The Kier molecular flexibility index (Phi) is 6.63. The second-order valence-electron chi connectivity index (χ2n) is 6.96. The van der Waals surface area contributed by atoms with Gasteiger partial charge in [-0.25, -0.2) is 0 Å². The van der Waals surface area contributed by atoms with Gasteiger partial charge in [0.1, 0.15) is 0 Å². The average molecular weight is 383 g/mol. The normalized spacial score (nSPS) is 13.7. The van der Waals surface area contributed by atoms with E-state index in [1.807, 2.05) is 18.2 Å². The van der Waals surface area contributed by atoms with E-state index in [-0.39, 0.29) is 0 Å². The van der Waals surface area contributed by atoms with Crippen molar-refractivity contribution in [3.8, 4) is 11.5 Å². The zero-order valence-corrected chi connectivity index (χ0v) is 17.2. The first-order chi connectivity index (χ1) is 13.6. The van der Waals surface area contributed by atoms with Crippen molar-refractivity contribution < 1.29 is 9.47 Å². The molecule has 0 aliphatic carbocycles. The first kappa shape index (κ1) is 19.9. The molecule has 0 bridgehead atoms. The number of nitrogens with one attached hydrogen (secondary N) is 2. The van der Waals surface area contributed by atoms with Crippen LogP contribution in [0.4, 0.5) is 5.69 Å². The summed E-state index contributed by atoms with van der Waals surface area (Å²) in [6.45, 7) is 2.52. The molecule has 0 unspecified atom stereocenters. The third-order valence-electron chi connectivity index (χ3n) is 5.09. The fourth-order valence-corrected chi connectivity index (χ4v) is 3.53. The smallest absolute Gasteiger partial charge is 0.191 e. The minimum atomic E-state index is 0.648. The quantitative estimate of drug-likeness (QED) is 0.594. The summed E-state index contributed by atoms with van der Waals surface area (Å²) in [5.74, 6) is 2.22. The summed E-state index contributed by atoms with van der Waals surface area (Å²) >= 11 is 0. The molecule has 3 rings (SSSR count). The standard InChI is InChI=1S/C22H30N4O2/c1-23-22(25-15-17-8-10-20(27-3)21(13-17)28-4)24-14-16-7-9-19-18(12-16)6-5-11-26(19)2/h7-10,12-13H,5-6,11,14-15H2,1-4H3,(H2,23,24,25). The third-order valence-corrected chi connectivity index (χ3v) is 5.09. The average Bonchev–Trinajstić information content (AvgIpc) is 2.73. The van der Waals surface area contributed by atoms with E-state index >= 15 is 0 Å². The predicted octanol–water partition coefficient (Wildman–Crippen LogP) is 2.95. The van der Waals surface area contributed by atoms with Crippen LogP contribution in [0.2, 0.25) is 0 Å². The minimum Gasteiger partial charge on any atom is -0.493 e. The summed E-state index contributed by atoms with van der Waals surface area (Å²) in [4.78, 5) is 6.66. The van der Waals surface area contributed by atoms with E-state index in [2.05, 4.69) is 45.8 Å². The third kappa shape index (κ3) is 4.68. The molecule has 150 valence electrons. The molecule has 0 saturated heterocycles. The molecule has 2 aromatic carbocycles. The zero-order valence-electron chi connectivity index (χ0n) is 17.2. The van der Waals surface area contributed by atoms with Crippen molar-refractivity contribution in [1.82, 2.24) is 10.6 Å². The molecule has 0 radical (unpaired) electrons. The first-order valence-corrected chi connectivity index (χ1v) is 9.63. The van der Waals surface area contributed by atoms with Crippen LogP contribution in [0.15, 0.2) is 41.4 Å². The second kappa shape index (κ2) is 9.35. The van der Waals surface area contributed by atoms with Crippen LogP contribution in [-0.4, -0.2) is 40.8 Å². The molecule has 1 heterocycles. The van der Waals surface area contributed by atoms with E-state index in [0.29, 0.717) is 6.54 Å². The molecule has 0 atom stereocenters. The van der Waals surface area contributed by atoms with Crippen LogP contribution in [0.1, 0.15) is 23.1 Å². The summed E-state index contributed by atoms with van der Waals surface area (Å²) < 4.78 is 10.7. The molecule has 6 heteroatoms. The molecule has 1 aliphatic heterocycles. The number of hydrogen-bond acceptors (Lipinski definition) is 4. The van der Waals surface area contributed by atoms with Gasteiger partial charge in [0.2, 0.25) is 0 Å². The fraction of sp³-hybridized carbons (Fsp3) is 0.409. The van der Waals surface area contributed by atoms with E-state index in [4.69, 9.17) is 9.47 Å². The van der Waals surface area contributed by atoms with Gasteiger partial charge >= 0.3 is 0 Å². The maximum Gasteiger partial charge on any atom is 0.191 e. The number of aliphatic imine (C=N–C) groups is 1. The van der Waals surface area contributed by atoms with E-state index < -0.39 is 0 Å². The molecule has 0 saturated carbocycles. The number of hydrogen-bond donors (Lipinski definition) is 2. The van der Waals surface area contributed by atoms with Crippen molar-refractivity contribution in [3.05, 3.63) is 53.1 Å². The van der Waals surface area contributed by atoms with E-state index in [1.165, 1.54) is 23.2 Å². The molecular weight excluding hydrogens is 352 g/mol. The highest BCUT2D eigenvalue weighted by Gasteiger charge is 2.13. The maximum absolute atomic E-state index is 5.37. The monoisotopic (exact) mass is 382 g/mol. The summed E-state index contributed by atoms with van der Waals surface area (Å²) in [7, 11) is 7.23. The largest absolute Gasteiger partial charge is 0.493 e. The maximum atomic E-state index is 5.37. The van der Waals surface area contributed by atoms with Crippen molar-refractivity contribution >= 4 is 11.6 Å². The highest BCUT2D eigenvalue weighted by Crippen LogP contribution is 2.28. The number of ether oxygens (including phenoxy) is 2. The number of benzene rings is 2. The topological polar surface area (TPSA) is 58.1 Å². The molecule has 6 nitrogen and oxygen atoms in total. The molecule has 2 N–H and O–H groups in total. The van der Waals surface area contributed by atoms with Gasteiger partial charge in [0, 0.05) is 39.4 Å². The lowest BCUT2D eigenvalue weighted by atomic mass is 9.99. The Hall–Kier alpha value is -2.89. The Balaban J connectivity index is 1.57. The molecule has 2 aromatic rings. The van der Waals surface area contributed by atoms with Gasteiger partial charge in [0.15, 0.2) is 17.5 Å². The van der Waals surface area contributed by atoms with Gasteiger partial charge in [-0.05, 0) is 47.7 Å². The van der Waals surface area contributed by atoms with Crippen LogP contribution in [0.25, 0.3) is 0 Å². The van der Waals surface area contributed by atoms with Gasteiger partial charge < -0.3 is 25.0 Å². The number of guanidine groups is 1. The van der Waals surface area contributed by atoms with Crippen molar-refractivity contribution in [3.63, 3.8) is 0 Å². The van der Waals surface area contributed by atoms with Crippen molar-refractivity contribution in [2.45, 2.75) is 25.9 Å². The van der Waals surface area contributed by atoms with E-state index in [9.17, 15) is 0 Å². The summed E-state index contributed by atoms with van der Waals surface area (Å²) in [6, 6.07) is 12.6. The fourth-order valence-electron chi connectivity index (χ4n) is 3.53. The first-order valence-electron chi connectivity index (χ1n) is 9.63. The minimum absolute atomic E-state index is 0.648. The number of rotatable bonds is 6. The molecule has 1 aliphatic rings. The van der Waals surface area contributed by atoms with Crippen LogP contribution in [0.3, 0.4) is 0 Å². The van der Waals surface area contributed by atoms with Crippen molar-refractivity contribution in [2.75, 3.05) is 39.8 Å². The van der Waals surface area contributed by atoms with Gasteiger partial charge in [-0.1, -0.05) is 18.2 Å². The molecular formula is C22H30N4O2. The highest BCUT2D eigenvalue weighted by atomic mass is 16.5. The van der Waals surface area contributed by atoms with Crippen molar-refractivity contribution in [1.29, 1.82) is 0 Å². The highest BCUT2D eigenvalue weighted by molar-refractivity contribution is 5.79. The predicted molar refractivity (Wildman–Crippen MR) is 115 cm³/mol. The number of nitrogens with zero attached hydrogens (tertiary/aromatic N) is 2. The van der Waals surface area contributed by atoms with Gasteiger partial charge in [-0.15, -0.1) is 0 Å². The number of aryl methyl sites for hydroxylation is 1. The Labute approximate surface area is 167 Å². The molecule has 0 amide bonds. The van der Waals surface area contributed by atoms with Crippen LogP contribution in [0, 0.1) is 0 Å². The van der Waals surface area contributed by atoms with Gasteiger partial charge in [0.25, 0.3) is 0 Å². The lowest BCUT2D eigenvalue weighted by molar-refractivity contribution is 0.354. The lowest BCUT2D eigenvalue weighted by Gasteiger charge is -2.28. The van der Waals surface area contributed by atoms with Crippen molar-refractivity contribution in [2.24, 2.45) is 4.99 Å². The number of methoxy groups -OCH3 is 2. The zero-order chi connectivity index (χ0) is 19.9. The summed E-state index contributed by atoms with van der Waals surface area (Å²) in [5.41, 5.74) is 5.15. The summed E-state index contributed by atoms with van der Waals surface area (Å²) in [5, 5.41) is 6.74. The Morgan fingerprint density at radius 3 is 2.36 bits per heavy atom. The van der Waals surface area contributed by atoms with Crippen LogP contribution in [0.5, 0.6) is 11.5 Å². The van der Waals surface area contributed by atoms with Gasteiger partial charge in [-0.3, -0.25) is 4.99 Å². The van der Waals surface area contributed by atoms with Crippen LogP contribution < -0.4 is 25.0 Å². The Morgan fingerprint density at radius 2 is 1.68 bits per heavy atom. The Bertz CT molecular complexity index is 835. The van der Waals surface area contributed by atoms with Gasteiger partial charge in [0.05, 0.1) is 14.2 Å². The number of anilines is 1. The lowest BCUT2D eigenvalue weighted by Crippen LogP contribution is -2.36. The van der Waals surface area contributed by atoms with Crippen LogP contribution >= 0.6 is 0 Å². The van der Waals surface area contributed by atoms with E-state index in [0.717, 1.165) is 42.5 Å². The SMILES string of the molecule is CN=C(NCc1ccc2c(c1)CCCN2C)NCc1ccc(OC)c(OC)c1.